The third-order valence-corrected chi connectivity index (χ3v) is 4.04. The molecule has 1 aromatic carbocycles. The summed E-state index contributed by atoms with van der Waals surface area (Å²) in [5, 5.41) is 3.19. The summed E-state index contributed by atoms with van der Waals surface area (Å²) < 4.78 is 11.2. The molecular formula is C17H26N4O2. The molecule has 0 radical (unpaired) electrons. The molecule has 0 amide bonds. The molecule has 1 heterocycles. The van der Waals surface area contributed by atoms with Crippen LogP contribution in [0.5, 0.6) is 5.75 Å². The first-order valence-electron chi connectivity index (χ1n) is 8.38. The van der Waals surface area contributed by atoms with Crippen LogP contribution in [0.25, 0.3) is 0 Å². The van der Waals surface area contributed by atoms with E-state index >= 15 is 0 Å². The van der Waals surface area contributed by atoms with Gasteiger partial charge in [0.1, 0.15) is 12.4 Å². The second-order valence-electron chi connectivity index (χ2n) is 6.07. The second kappa shape index (κ2) is 8.17. The average molecular weight is 318 g/mol. The van der Waals surface area contributed by atoms with Crippen molar-refractivity contribution in [1.82, 2.24) is 10.2 Å². The van der Waals surface area contributed by atoms with Crippen LogP contribution < -0.4 is 15.8 Å². The summed E-state index contributed by atoms with van der Waals surface area (Å²) in [6, 6.07) is 8.60. The van der Waals surface area contributed by atoms with Gasteiger partial charge in [0.05, 0.1) is 19.8 Å². The molecule has 2 aliphatic rings. The Bertz CT molecular complexity index is 525. The van der Waals surface area contributed by atoms with E-state index in [2.05, 4.69) is 15.2 Å². The molecule has 3 rings (SSSR count). The van der Waals surface area contributed by atoms with Crippen molar-refractivity contribution in [2.75, 3.05) is 39.5 Å². The normalized spacial score (nSPS) is 19.6. The molecule has 0 aromatic heterocycles. The zero-order chi connectivity index (χ0) is 15.9. The maximum Gasteiger partial charge on any atom is 0.189 e. The van der Waals surface area contributed by atoms with E-state index in [-0.39, 0.29) is 0 Å². The molecular weight excluding hydrogens is 292 g/mol. The number of nitrogens with two attached hydrogens (primary N) is 1. The first-order valence-corrected chi connectivity index (χ1v) is 8.38. The second-order valence-corrected chi connectivity index (χ2v) is 6.07. The molecule has 0 unspecified atom stereocenters. The smallest absolute Gasteiger partial charge is 0.189 e. The summed E-state index contributed by atoms with van der Waals surface area (Å²) in [5.74, 6) is 1.42. The molecule has 3 N–H and O–H groups in total. The highest BCUT2D eigenvalue weighted by atomic mass is 16.5. The van der Waals surface area contributed by atoms with Gasteiger partial charge in [-0.2, -0.15) is 0 Å². The van der Waals surface area contributed by atoms with Gasteiger partial charge in [-0.1, -0.05) is 12.1 Å². The Hall–Kier alpha value is -1.79. The minimum atomic E-state index is 0.533. The van der Waals surface area contributed by atoms with Gasteiger partial charge in [-0.05, 0) is 30.5 Å². The van der Waals surface area contributed by atoms with E-state index < -0.39 is 0 Å². The number of aliphatic imine (C=N–C) groups is 1. The number of ether oxygens (including phenoxy) is 2. The highest BCUT2D eigenvalue weighted by Crippen LogP contribution is 2.18. The van der Waals surface area contributed by atoms with Gasteiger partial charge in [0.15, 0.2) is 5.96 Å². The predicted molar refractivity (Wildman–Crippen MR) is 90.7 cm³/mol. The van der Waals surface area contributed by atoms with Crippen molar-refractivity contribution < 1.29 is 9.47 Å². The van der Waals surface area contributed by atoms with Gasteiger partial charge >= 0.3 is 0 Å². The molecule has 126 valence electrons. The van der Waals surface area contributed by atoms with Gasteiger partial charge in [-0.3, -0.25) is 4.90 Å². The Kier molecular flexibility index (Phi) is 5.71. The van der Waals surface area contributed by atoms with Crippen LogP contribution in [-0.2, 0) is 11.3 Å². The minimum absolute atomic E-state index is 0.533. The van der Waals surface area contributed by atoms with E-state index in [0.717, 1.165) is 44.2 Å². The highest BCUT2D eigenvalue weighted by Gasteiger charge is 2.21. The third-order valence-electron chi connectivity index (χ3n) is 4.04. The summed E-state index contributed by atoms with van der Waals surface area (Å²) in [6.07, 6.45) is 2.39. The van der Waals surface area contributed by atoms with Gasteiger partial charge < -0.3 is 20.5 Å². The number of morpholine rings is 1. The van der Waals surface area contributed by atoms with E-state index in [4.69, 9.17) is 15.2 Å². The fourth-order valence-electron chi connectivity index (χ4n) is 2.51. The van der Waals surface area contributed by atoms with Crippen LogP contribution in [0.15, 0.2) is 29.3 Å². The Labute approximate surface area is 137 Å². The van der Waals surface area contributed by atoms with E-state index in [1.807, 2.05) is 24.3 Å². The van der Waals surface area contributed by atoms with Crippen LogP contribution in [0.3, 0.4) is 0 Å². The van der Waals surface area contributed by atoms with E-state index in [1.165, 1.54) is 12.8 Å². The SMILES string of the molecule is NC(=NCc1cccc(OCCN2CCOCC2)c1)NC1CC1. The van der Waals surface area contributed by atoms with Crippen LogP contribution in [0.2, 0.25) is 0 Å². The van der Waals surface area contributed by atoms with Crippen molar-refractivity contribution in [3.63, 3.8) is 0 Å². The molecule has 0 atom stereocenters. The molecule has 0 spiro atoms. The number of benzene rings is 1. The van der Waals surface area contributed by atoms with Crippen molar-refractivity contribution in [2.24, 2.45) is 10.7 Å². The lowest BCUT2D eigenvalue weighted by Crippen LogP contribution is -2.38. The fourth-order valence-corrected chi connectivity index (χ4v) is 2.51. The zero-order valence-electron chi connectivity index (χ0n) is 13.5. The fraction of sp³-hybridized carbons (Fsp3) is 0.588. The molecule has 1 saturated carbocycles. The van der Waals surface area contributed by atoms with Gasteiger partial charge in [-0.25, -0.2) is 4.99 Å². The van der Waals surface area contributed by atoms with Crippen LogP contribution in [0.4, 0.5) is 0 Å². The van der Waals surface area contributed by atoms with E-state index in [0.29, 0.717) is 25.2 Å². The molecule has 2 fully saturated rings. The number of hydrogen-bond donors (Lipinski definition) is 2. The number of rotatable bonds is 7. The summed E-state index contributed by atoms with van der Waals surface area (Å²) in [7, 11) is 0. The number of hydrogen-bond acceptors (Lipinski definition) is 4. The van der Waals surface area contributed by atoms with Crippen molar-refractivity contribution in [3.05, 3.63) is 29.8 Å². The summed E-state index contributed by atoms with van der Waals surface area (Å²) in [6.45, 7) is 5.83. The van der Waals surface area contributed by atoms with Crippen molar-refractivity contribution >= 4 is 5.96 Å². The molecule has 1 aromatic rings. The molecule has 1 aliphatic heterocycles. The molecule has 1 aliphatic carbocycles. The van der Waals surface area contributed by atoms with E-state index in [1.54, 1.807) is 0 Å². The lowest BCUT2D eigenvalue weighted by atomic mass is 10.2. The largest absolute Gasteiger partial charge is 0.492 e. The van der Waals surface area contributed by atoms with Gasteiger partial charge in [0, 0.05) is 25.7 Å². The maximum absolute atomic E-state index is 5.86. The zero-order valence-corrected chi connectivity index (χ0v) is 13.5. The standard InChI is InChI=1S/C17H26N4O2/c18-17(20-15-4-5-15)19-13-14-2-1-3-16(12-14)23-11-8-21-6-9-22-10-7-21/h1-3,12,15H,4-11,13H2,(H3,18,19,20). The average Bonchev–Trinajstić information content (AvgIpc) is 3.38. The van der Waals surface area contributed by atoms with E-state index in [9.17, 15) is 0 Å². The molecule has 0 bridgehead atoms. The Morgan fingerprint density at radius 1 is 1.35 bits per heavy atom. The van der Waals surface area contributed by atoms with Crippen molar-refractivity contribution in [3.8, 4) is 5.75 Å². The summed E-state index contributed by atoms with van der Waals surface area (Å²) >= 11 is 0. The lowest BCUT2D eigenvalue weighted by molar-refractivity contribution is 0.0322. The van der Waals surface area contributed by atoms with Gasteiger partial charge in [0.25, 0.3) is 0 Å². The highest BCUT2D eigenvalue weighted by molar-refractivity contribution is 5.78. The predicted octanol–water partition coefficient (Wildman–Crippen LogP) is 0.964. The Balaban J connectivity index is 1.42. The molecule has 1 saturated heterocycles. The monoisotopic (exact) mass is 318 g/mol. The number of nitrogens with one attached hydrogen (secondary N) is 1. The number of nitrogens with zero attached hydrogens (tertiary/aromatic N) is 2. The van der Waals surface area contributed by atoms with Crippen molar-refractivity contribution in [2.45, 2.75) is 25.4 Å². The van der Waals surface area contributed by atoms with Crippen LogP contribution in [-0.4, -0.2) is 56.4 Å². The topological polar surface area (TPSA) is 72.1 Å². The number of guanidine groups is 1. The summed E-state index contributed by atoms with van der Waals surface area (Å²) in [5.41, 5.74) is 6.96. The molecule has 6 heteroatoms. The van der Waals surface area contributed by atoms with Crippen LogP contribution in [0, 0.1) is 0 Å². The van der Waals surface area contributed by atoms with Crippen LogP contribution >= 0.6 is 0 Å². The van der Waals surface area contributed by atoms with Crippen molar-refractivity contribution in [1.29, 1.82) is 0 Å². The molecule has 23 heavy (non-hydrogen) atoms. The van der Waals surface area contributed by atoms with Gasteiger partial charge in [-0.15, -0.1) is 0 Å². The maximum atomic E-state index is 5.86. The Morgan fingerprint density at radius 3 is 2.96 bits per heavy atom. The Morgan fingerprint density at radius 2 is 2.17 bits per heavy atom. The third kappa shape index (κ3) is 5.73. The summed E-state index contributed by atoms with van der Waals surface area (Å²) in [4.78, 5) is 6.74. The first kappa shape index (κ1) is 16.1. The first-order chi connectivity index (χ1) is 11.3. The molecule has 6 nitrogen and oxygen atoms in total. The minimum Gasteiger partial charge on any atom is -0.492 e. The lowest BCUT2D eigenvalue weighted by Gasteiger charge is -2.26. The van der Waals surface area contributed by atoms with Gasteiger partial charge in [0.2, 0.25) is 0 Å². The van der Waals surface area contributed by atoms with Crippen LogP contribution in [0.1, 0.15) is 18.4 Å². The quantitative estimate of drug-likeness (QED) is 0.579.